The lowest BCUT2D eigenvalue weighted by Gasteiger charge is -2.28. The smallest absolute Gasteiger partial charge is 0.380 e. The number of hydrogen-bond donors (Lipinski definition) is 1. The Morgan fingerprint density at radius 2 is 1.71 bits per heavy atom. The molecule has 1 fully saturated rings. The highest BCUT2D eigenvalue weighted by Gasteiger charge is 2.29. The van der Waals surface area contributed by atoms with E-state index in [-0.39, 0.29) is 0 Å². The molecule has 1 aliphatic heterocycles. The van der Waals surface area contributed by atoms with Gasteiger partial charge in [-0.25, -0.2) is 0 Å². The van der Waals surface area contributed by atoms with Crippen molar-refractivity contribution in [2.45, 2.75) is 88.7 Å². The van der Waals surface area contributed by atoms with Crippen molar-refractivity contribution in [3.8, 4) is 11.8 Å². The molecule has 1 unspecified atom stereocenters. The zero-order valence-corrected chi connectivity index (χ0v) is 18.1. The lowest BCUT2D eigenvalue weighted by atomic mass is 9.95. The molecule has 0 aliphatic carbocycles. The topological polar surface area (TPSA) is 20.2 Å². The van der Waals surface area contributed by atoms with Gasteiger partial charge in [-0.15, -0.1) is 0 Å². The summed E-state index contributed by atoms with van der Waals surface area (Å²) in [5, 5.41) is 10.2. The fraction of sp³-hybridized carbons (Fsp3) is 0.652. The highest BCUT2D eigenvalue weighted by atomic mass is 28.3. The second-order valence-electron chi connectivity index (χ2n) is 8.19. The van der Waals surface area contributed by atoms with Crippen molar-refractivity contribution in [1.82, 2.24) is 0 Å². The van der Waals surface area contributed by atoms with E-state index in [1.165, 1.54) is 75.2 Å². The van der Waals surface area contributed by atoms with Crippen LogP contribution in [0, 0.1) is 17.8 Å². The van der Waals surface area contributed by atoms with Gasteiger partial charge in [-0.3, -0.25) is 0 Å². The van der Waals surface area contributed by atoms with E-state index < -0.39 is 26.6 Å². The predicted octanol–water partition coefficient (Wildman–Crippen LogP) is 6.42. The Bertz CT molecular complexity index is 622. The van der Waals surface area contributed by atoms with Gasteiger partial charge in [0.2, 0.25) is 0 Å². The van der Waals surface area contributed by atoms with Crippen molar-refractivity contribution < 1.29 is 18.3 Å². The van der Waals surface area contributed by atoms with Gasteiger partial charge in [0.15, 0.2) is 0 Å². The van der Waals surface area contributed by atoms with Crippen molar-refractivity contribution in [2.75, 3.05) is 0 Å². The summed E-state index contributed by atoms with van der Waals surface area (Å²) in [6.45, 7) is 2.25. The van der Waals surface area contributed by atoms with Crippen LogP contribution >= 0.6 is 0 Å². The molecule has 1 heterocycles. The fourth-order valence-corrected chi connectivity index (χ4v) is 7.69. The highest BCUT2D eigenvalue weighted by Crippen LogP contribution is 2.31. The molecule has 0 amide bonds. The molecule has 1 aromatic rings. The minimum atomic E-state index is -4.33. The second kappa shape index (κ2) is 11.7. The minimum Gasteiger partial charge on any atom is -0.380 e. The lowest BCUT2D eigenvalue weighted by Crippen LogP contribution is -2.23. The predicted molar refractivity (Wildman–Crippen MR) is 112 cm³/mol. The summed E-state index contributed by atoms with van der Waals surface area (Å²) in [7, 11) is -0.555. The average Bonchev–Trinajstić information content (AvgIpc) is 2.67. The Labute approximate surface area is 169 Å². The molecule has 0 radical (unpaired) electrons. The Hall–Kier alpha value is -1.25. The van der Waals surface area contributed by atoms with Crippen molar-refractivity contribution in [3.05, 3.63) is 35.4 Å². The number of alkyl halides is 3. The third-order valence-electron chi connectivity index (χ3n) is 5.83. The van der Waals surface area contributed by atoms with Gasteiger partial charge >= 0.3 is 6.18 Å². The van der Waals surface area contributed by atoms with Crippen LogP contribution in [0.2, 0.25) is 18.1 Å². The number of benzene rings is 1. The van der Waals surface area contributed by atoms with Gasteiger partial charge in [-0.2, -0.15) is 13.2 Å². The van der Waals surface area contributed by atoms with Gasteiger partial charge in [-0.1, -0.05) is 81.8 Å². The summed E-state index contributed by atoms with van der Waals surface area (Å²) in [4.78, 5) is 0. The van der Waals surface area contributed by atoms with Gasteiger partial charge < -0.3 is 5.11 Å². The summed E-state index contributed by atoms with van der Waals surface area (Å²) < 4.78 is 37.7. The van der Waals surface area contributed by atoms with Crippen LogP contribution in [0.25, 0.3) is 0 Å². The van der Waals surface area contributed by atoms with Gasteiger partial charge in [0.05, 0.1) is 5.56 Å². The molecule has 2 rings (SSSR count). The number of halogens is 3. The Morgan fingerprint density at radius 3 is 2.32 bits per heavy atom. The van der Waals surface area contributed by atoms with E-state index in [0.717, 1.165) is 12.1 Å². The SMILES string of the molecule is CCCCCCC[Si@H]1CC[C@H](CC(O)C#Cc2ccc(C(F)(F)F)cc2)CC1. The summed E-state index contributed by atoms with van der Waals surface area (Å²) in [5.41, 5.74) is -0.170. The molecule has 0 bridgehead atoms. The highest BCUT2D eigenvalue weighted by molar-refractivity contribution is 6.58. The van der Waals surface area contributed by atoms with Crippen molar-refractivity contribution in [2.24, 2.45) is 5.92 Å². The Balaban J connectivity index is 1.69. The maximum absolute atomic E-state index is 12.6. The third-order valence-corrected chi connectivity index (χ3v) is 9.36. The van der Waals surface area contributed by atoms with Crippen LogP contribution < -0.4 is 0 Å². The van der Waals surface area contributed by atoms with Gasteiger partial charge in [-0.05, 0) is 36.6 Å². The first-order valence-electron chi connectivity index (χ1n) is 10.8. The van der Waals surface area contributed by atoms with E-state index in [9.17, 15) is 18.3 Å². The monoisotopic (exact) mass is 410 g/mol. The molecule has 1 atom stereocenters. The number of aliphatic hydroxyl groups excluding tert-OH is 1. The van der Waals surface area contributed by atoms with Crippen LogP contribution in [0.4, 0.5) is 13.2 Å². The van der Waals surface area contributed by atoms with E-state index in [1.54, 1.807) is 0 Å². The van der Waals surface area contributed by atoms with Gasteiger partial charge in [0, 0.05) is 14.4 Å². The summed E-state index contributed by atoms with van der Waals surface area (Å²) in [5.74, 6) is 6.15. The average molecular weight is 411 g/mol. The Kier molecular flexibility index (Phi) is 9.60. The normalized spacial score (nSPS) is 21.0. The molecule has 0 spiro atoms. The maximum Gasteiger partial charge on any atom is 0.416 e. The summed E-state index contributed by atoms with van der Waals surface area (Å²) in [6.07, 6.45) is 4.92. The van der Waals surface area contributed by atoms with Crippen molar-refractivity contribution >= 4 is 8.80 Å². The van der Waals surface area contributed by atoms with Crippen LogP contribution in [0.5, 0.6) is 0 Å². The second-order valence-corrected chi connectivity index (χ2v) is 11.6. The van der Waals surface area contributed by atoms with E-state index >= 15 is 0 Å². The molecule has 156 valence electrons. The first kappa shape index (κ1) is 23.0. The number of aliphatic hydroxyl groups is 1. The van der Waals surface area contributed by atoms with Crippen LogP contribution in [0.1, 0.15) is 69.4 Å². The fourth-order valence-electron chi connectivity index (χ4n) is 4.08. The zero-order chi connectivity index (χ0) is 20.4. The molecular weight excluding hydrogens is 377 g/mol. The summed E-state index contributed by atoms with van der Waals surface area (Å²) in [6, 6.07) is 9.04. The van der Waals surface area contributed by atoms with Crippen LogP contribution in [0.15, 0.2) is 24.3 Å². The number of unbranched alkanes of at least 4 members (excludes halogenated alkanes) is 4. The van der Waals surface area contributed by atoms with Gasteiger partial charge in [0.25, 0.3) is 0 Å². The molecule has 1 saturated heterocycles. The number of hydrogen-bond acceptors (Lipinski definition) is 1. The quantitative estimate of drug-likeness (QED) is 0.298. The largest absolute Gasteiger partial charge is 0.416 e. The first-order valence-corrected chi connectivity index (χ1v) is 13.2. The molecule has 5 heteroatoms. The molecule has 0 aromatic heterocycles. The lowest BCUT2D eigenvalue weighted by molar-refractivity contribution is -0.137. The van der Waals surface area contributed by atoms with Crippen LogP contribution in [-0.2, 0) is 6.18 Å². The standard InChI is InChI=1S/C23H33F3OSi/c1-2-3-4-5-6-15-28-16-13-20(14-17-28)18-22(27)12-9-19-7-10-21(11-8-19)23(24,25)26/h7-8,10-11,20,22,27-28H,2-6,13-18H2,1H3/t20-,22?,28-. The van der Waals surface area contributed by atoms with Crippen molar-refractivity contribution in [3.63, 3.8) is 0 Å². The molecule has 28 heavy (non-hydrogen) atoms. The van der Waals surface area contributed by atoms with Gasteiger partial charge in [0.1, 0.15) is 6.10 Å². The molecular formula is C23H33F3OSi. The molecule has 1 aromatic carbocycles. The minimum absolute atomic E-state index is 0.506. The third kappa shape index (κ3) is 8.41. The maximum atomic E-state index is 12.6. The van der Waals surface area contributed by atoms with E-state index in [2.05, 4.69) is 18.8 Å². The first-order chi connectivity index (χ1) is 13.4. The molecule has 1 aliphatic rings. The molecule has 1 N–H and O–H groups in total. The Morgan fingerprint density at radius 1 is 1.07 bits per heavy atom. The van der Waals surface area contributed by atoms with Crippen LogP contribution in [0.3, 0.4) is 0 Å². The zero-order valence-electron chi connectivity index (χ0n) is 16.9. The molecule has 1 nitrogen and oxygen atoms in total. The van der Waals surface area contributed by atoms with E-state index in [0.29, 0.717) is 17.9 Å². The van der Waals surface area contributed by atoms with E-state index in [4.69, 9.17) is 0 Å². The van der Waals surface area contributed by atoms with Crippen LogP contribution in [-0.4, -0.2) is 20.0 Å². The summed E-state index contributed by atoms with van der Waals surface area (Å²) >= 11 is 0. The molecule has 0 saturated carbocycles. The van der Waals surface area contributed by atoms with Crippen molar-refractivity contribution in [1.29, 1.82) is 0 Å². The van der Waals surface area contributed by atoms with E-state index in [1.807, 2.05) is 0 Å². The number of rotatable bonds is 8.